The van der Waals surface area contributed by atoms with Crippen molar-refractivity contribution in [1.82, 2.24) is 5.01 Å². The molecule has 0 unspecified atom stereocenters. The molecule has 1 aliphatic carbocycles. The number of hydrogen-bond acceptors (Lipinski definition) is 3. The molecule has 0 bridgehead atoms. The molecule has 3 rings (SSSR count). The van der Waals surface area contributed by atoms with Crippen LogP contribution in [0.5, 0.6) is 0 Å². The Kier molecular flexibility index (Phi) is 4.12. The lowest BCUT2D eigenvalue weighted by Crippen LogP contribution is -2.61. The van der Waals surface area contributed by atoms with Gasteiger partial charge in [-0.1, -0.05) is 24.6 Å². The summed E-state index contributed by atoms with van der Waals surface area (Å²) in [5.41, 5.74) is -3.15. The summed E-state index contributed by atoms with van der Waals surface area (Å²) in [4.78, 5) is 12.6. The minimum absolute atomic E-state index is 0.0176. The standard InChI is InChI=1S/C16H16ClF3N2O2/c1-9-5-6-13-12(7-9)15(24,16(18,19)20)22(21-13)14(23)10-3-2-4-11(17)8-10/h2-4,8-9,12,24H,5-7H2,1H3/t9-,12-,15-/m1/s1. The second-order valence-electron chi connectivity index (χ2n) is 6.37. The zero-order valence-electron chi connectivity index (χ0n) is 12.8. The number of nitrogens with zero attached hydrogens (tertiary/aromatic N) is 2. The molecule has 2 aliphatic rings. The molecule has 1 aromatic rings. The summed E-state index contributed by atoms with van der Waals surface area (Å²) in [6.45, 7) is 1.83. The number of halogens is 4. The lowest BCUT2D eigenvalue weighted by atomic mass is 9.76. The zero-order valence-corrected chi connectivity index (χ0v) is 13.6. The summed E-state index contributed by atoms with van der Waals surface area (Å²) in [7, 11) is 0. The monoisotopic (exact) mass is 360 g/mol. The molecule has 0 aromatic heterocycles. The molecule has 0 saturated heterocycles. The number of aliphatic hydroxyl groups is 1. The first-order valence-electron chi connectivity index (χ1n) is 7.61. The van der Waals surface area contributed by atoms with E-state index in [1.165, 1.54) is 24.3 Å². The lowest BCUT2D eigenvalue weighted by Gasteiger charge is -2.39. The number of hydrogen-bond donors (Lipinski definition) is 1. The van der Waals surface area contributed by atoms with E-state index in [4.69, 9.17) is 11.6 Å². The molecule has 0 radical (unpaired) electrons. The number of carbonyl (C=O) groups excluding carboxylic acids is 1. The van der Waals surface area contributed by atoms with Gasteiger partial charge in [0, 0.05) is 16.3 Å². The molecule has 8 heteroatoms. The van der Waals surface area contributed by atoms with Crippen molar-refractivity contribution in [3.8, 4) is 0 Å². The molecule has 1 heterocycles. The van der Waals surface area contributed by atoms with Crippen molar-refractivity contribution >= 4 is 23.2 Å². The predicted molar refractivity (Wildman–Crippen MR) is 82.6 cm³/mol. The summed E-state index contributed by atoms with van der Waals surface area (Å²) in [5, 5.41) is 14.8. The van der Waals surface area contributed by atoms with Crippen LogP contribution in [0.1, 0.15) is 36.5 Å². The minimum Gasteiger partial charge on any atom is -0.362 e. The Morgan fingerprint density at radius 3 is 2.79 bits per heavy atom. The molecule has 1 aliphatic heterocycles. The zero-order chi connectivity index (χ0) is 17.7. The third kappa shape index (κ3) is 2.59. The van der Waals surface area contributed by atoms with Gasteiger partial charge in [0.25, 0.3) is 11.6 Å². The van der Waals surface area contributed by atoms with Crippen molar-refractivity contribution in [2.24, 2.45) is 16.9 Å². The summed E-state index contributed by atoms with van der Waals surface area (Å²) in [6.07, 6.45) is -3.87. The van der Waals surface area contributed by atoms with Crippen molar-refractivity contribution in [2.45, 2.75) is 38.1 Å². The van der Waals surface area contributed by atoms with Gasteiger partial charge in [-0.25, -0.2) is 0 Å². The maximum Gasteiger partial charge on any atom is 0.439 e. The summed E-state index contributed by atoms with van der Waals surface area (Å²) in [5.74, 6) is -2.24. The normalized spacial score (nSPS) is 30.1. The van der Waals surface area contributed by atoms with Gasteiger partial charge in [0.2, 0.25) is 0 Å². The fourth-order valence-corrected chi connectivity index (χ4v) is 3.55. The number of fused-ring (bicyclic) bond motifs is 1. The second kappa shape index (κ2) is 5.74. The number of carbonyl (C=O) groups is 1. The van der Waals surface area contributed by atoms with E-state index in [1.807, 2.05) is 6.92 Å². The summed E-state index contributed by atoms with van der Waals surface area (Å²) >= 11 is 5.81. The van der Waals surface area contributed by atoms with E-state index in [1.54, 1.807) is 0 Å². The van der Waals surface area contributed by atoms with E-state index in [0.717, 1.165) is 0 Å². The third-order valence-corrected chi connectivity index (χ3v) is 4.89. The lowest BCUT2D eigenvalue weighted by molar-refractivity contribution is -0.313. The van der Waals surface area contributed by atoms with Crippen molar-refractivity contribution in [2.75, 3.05) is 0 Å². The number of hydrazone groups is 1. The van der Waals surface area contributed by atoms with Crippen molar-refractivity contribution in [1.29, 1.82) is 0 Å². The van der Waals surface area contributed by atoms with Crippen LogP contribution in [0.4, 0.5) is 13.2 Å². The number of alkyl halides is 3. The highest BCUT2D eigenvalue weighted by Crippen LogP contribution is 2.49. The molecule has 1 N–H and O–H groups in total. The Morgan fingerprint density at radius 2 is 2.17 bits per heavy atom. The molecule has 4 nitrogen and oxygen atoms in total. The third-order valence-electron chi connectivity index (χ3n) is 4.65. The molecular weight excluding hydrogens is 345 g/mol. The number of amides is 1. The van der Waals surface area contributed by atoms with E-state index >= 15 is 0 Å². The van der Waals surface area contributed by atoms with Gasteiger partial charge in [-0.15, -0.1) is 0 Å². The topological polar surface area (TPSA) is 52.9 Å². The van der Waals surface area contributed by atoms with Crippen LogP contribution in [0, 0.1) is 11.8 Å². The van der Waals surface area contributed by atoms with Crippen LogP contribution in [0.15, 0.2) is 29.4 Å². The average Bonchev–Trinajstić information content (AvgIpc) is 2.80. The highest BCUT2D eigenvalue weighted by molar-refractivity contribution is 6.31. The highest BCUT2D eigenvalue weighted by Gasteiger charge is 2.68. The molecule has 130 valence electrons. The van der Waals surface area contributed by atoms with Crippen LogP contribution in [0.3, 0.4) is 0 Å². The van der Waals surface area contributed by atoms with Gasteiger partial charge in [0.05, 0.1) is 5.92 Å². The molecule has 1 amide bonds. The second-order valence-corrected chi connectivity index (χ2v) is 6.81. The van der Waals surface area contributed by atoms with Gasteiger partial charge >= 0.3 is 6.18 Å². The van der Waals surface area contributed by atoms with Gasteiger partial charge < -0.3 is 5.11 Å². The first-order valence-corrected chi connectivity index (χ1v) is 7.99. The van der Waals surface area contributed by atoms with Gasteiger partial charge in [-0.05, 0) is 43.4 Å². The molecule has 1 aromatic carbocycles. The van der Waals surface area contributed by atoms with Gasteiger partial charge in [-0.3, -0.25) is 4.79 Å². The van der Waals surface area contributed by atoms with E-state index < -0.39 is 23.7 Å². The Morgan fingerprint density at radius 1 is 1.46 bits per heavy atom. The fourth-order valence-electron chi connectivity index (χ4n) is 3.36. The van der Waals surface area contributed by atoms with Crippen molar-refractivity contribution < 1.29 is 23.1 Å². The van der Waals surface area contributed by atoms with E-state index in [9.17, 15) is 23.1 Å². The van der Waals surface area contributed by atoms with Crippen molar-refractivity contribution in [3.05, 3.63) is 34.9 Å². The van der Waals surface area contributed by atoms with Gasteiger partial charge in [-0.2, -0.15) is 23.3 Å². The predicted octanol–water partition coefficient (Wildman–Crippen LogP) is 3.84. The Labute approximate surface area is 141 Å². The quantitative estimate of drug-likeness (QED) is 0.827. The molecule has 1 fully saturated rings. The summed E-state index contributed by atoms with van der Waals surface area (Å²) < 4.78 is 41.1. The highest BCUT2D eigenvalue weighted by atomic mass is 35.5. The molecule has 1 saturated carbocycles. The molecule has 24 heavy (non-hydrogen) atoms. The number of rotatable bonds is 1. The molecule has 0 spiro atoms. The smallest absolute Gasteiger partial charge is 0.362 e. The largest absolute Gasteiger partial charge is 0.439 e. The van der Waals surface area contributed by atoms with E-state index in [0.29, 0.717) is 12.8 Å². The summed E-state index contributed by atoms with van der Waals surface area (Å²) in [6, 6.07) is 5.56. The Bertz CT molecular complexity index is 707. The minimum atomic E-state index is -5.02. The van der Waals surface area contributed by atoms with Gasteiger partial charge in [0.15, 0.2) is 0 Å². The van der Waals surface area contributed by atoms with Crippen LogP contribution in [-0.4, -0.2) is 33.6 Å². The SMILES string of the molecule is C[C@@H]1CCC2=NN(C(=O)c3cccc(Cl)c3)[C@](O)(C(F)(F)F)[C@@H]2C1. The fraction of sp³-hybridized carbons (Fsp3) is 0.500. The van der Waals surface area contributed by atoms with Crippen LogP contribution in [0.2, 0.25) is 5.02 Å². The molecule has 3 atom stereocenters. The van der Waals surface area contributed by atoms with Crippen LogP contribution >= 0.6 is 11.6 Å². The van der Waals surface area contributed by atoms with Crippen molar-refractivity contribution in [3.63, 3.8) is 0 Å². The van der Waals surface area contributed by atoms with Crippen LogP contribution in [0.25, 0.3) is 0 Å². The Balaban J connectivity index is 2.05. The molecular formula is C16H16ClF3N2O2. The Hall–Kier alpha value is -1.60. The van der Waals surface area contributed by atoms with E-state index in [-0.39, 0.29) is 33.6 Å². The maximum atomic E-state index is 13.7. The van der Waals surface area contributed by atoms with Crippen LogP contribution in [-0.2, 0) is 0 Å². The first kappa shape index (κ1) is 17.2. The first-order chi connectivity index (χ1) is 11.1. The van der Waals surface area contributed by atoms with Crippen LogP contribution < -0.4 is 0 Å². The number of benzene rings is 1. The maximum absolute atomic E-state index is 13.7. The average molecular weight is 361 g/mol. The van der Waals surface area contributed by atoms with E-state index in [2.05, 4.69) is 5.10 Å². The van der Waals surface area contributed by atoms with Gasteiger partial charge in [0.1, 0.15) is 0 Å².